The number of hydrogen-bond acceptors (Lipinski definition) is 5. The molecule has 0 aromatic heterocycles. The van der Waals surface area contributed by atoms with Crippen LogP contribution in [0.25, 0.3) is 0 Å². The largest absolute Gasteiger partial charge is 0.490 e. The zero-order chi connectivity index (χ0) is 30.2. The highest BCUT2D eigenvalue weighted by Gasteiger charge is 2.38. The molecule has 0 saturated carbocycles. The van der Waals surface area contributed by atoms with E-state index in [1.54, 1.807) is 24.3 Å². The van der Waals surface area contributed by atoms with Crippen LogP contribution in [0.5, 0.6) is 5.75 Å². The Kier molecular flexibility index (Phi) is 10.5. The van der Waals surface area contributed by atoms with Gasteiger partial charge in [0.25, 0.3) is 5.91 Å². The van der Waals surface area contributed by atoms with Crippen molar-refractivity contribution < 1.29 is 32.3 Å². The third-order valence-electron chi connectivity index (χ3n) is 6.35. The van der Waals surface area contributed by atoms with E-state index in [1.807, 2.05) is 50.3 Å². The topological polar surface area (TPSA) is 114 Å². The minimum absolute atomic E-state index is 0.199. The van der Waals surface area contributed by atoms with Crippen molar-refractivity contribution in [2.45, 2.75) is 45.5 Å². The van der Waals surface area contributed by atoms with Crippen LogP contribution in [0.15, 0.2) is 72.3 Å². The number of halogens is 3. The molecule has 2 unspecified atom stereocenters. The van der Waals surface area contributed by atoms with Gasteiger partial charge < -0.3 is 20.7 Å². The van der Waals surface area contributed by atoms with Crippen LogP contribution in [-0.2, 0) is 14.4 Å². The van der Waals surface area contributed by atoms with Gasteiger partial charge in [0.1, 0.15) is 12.4 Å². The number of para-hydroxylation sites is 1. The predicted molar refractivity (Wildman–Crippen MR) is 151 cm³/mol. The Balaban J connectivity index is 0.000000850. The molecule has 0 spiro atoms. The summed E-state index contributed by atoms with van der Waals surface area (Å²) < 4.78 is 44.2. The second-order valence-electron chi connectivity index (χ2n) is 9.53. The number of primary amides is 1. The molecule has 11 heteroatoms. The first-order chi connectivity index (χ1) is 19.4. The molecule has 2 aliphatic rings. The fourth-order valence-corrected chi connectivity index (χ4v) is 4.50. The molecule has 0 radical (unpaired) electrons. The number of alkyl halides is 3. The number of nitrogens with one attached hydrogen (secondary N) is 1. The molecule has 2 aliphatic heterocycles. The summed E-state index contributed by atoms with van der Waals surface area (Å²) in [5, 5.41) is 2.47. The maximum Gasteiger partial charge on any atom is 0.389 e. The first-order valence-corrected chi connectivity index (χ1v) is 13.1. The lowest BCUT2D eigenvalue weighted by molar-refractivity contribution is -0.143. The van der Waals surface area contributed by atoms with Crippen LogP contribution in [0.1, 0.15) is 42.9 Å². The Morgan fingerprint density at radius 3 is 2.61 bits per heavy atom. The number of carbonyl (C=O) groups is 3. The third-order valence-corrected chi connectivity index (χ3v) is 6.35. The Morgan fingerprint density at radius 2 is 2.00 bits per heavy atom. The molecule has 2 aromatic rings. The number of rotatable bonds is 8. The molecule has 218 valence electrons. The average Bonchev–Trinajstić information content (AvgIpc) is 3.03. The Labute approximate surface area is 236 Å². The van der Waals surface area contributed by atoms with E-state index in [4.69, 9.17) is 10.5 Å². The van der Waals surface area contributed by atoms with E-state index in [-0.39, 0.29) is 13.2 Å². The highest BCUT2D eigenvalue weighted by atomic mass is 19.4. The number of anilines is 1. The molecule has 4 rings (SSSR count). The SMILES string of the molecule is C=C/C=C\C.Cc1cccc(C2=NC(NC(=O)C(CCC(F)(F)F)CC(N)=O)C(=O)N3CCOc4cccc2c43)c1. The van der Waals surface area contributed by atoms with E-state index in [9.17, 15) is 27.6 Å². The second-order valence-corrected chi connectivity index (χ2v) is 9.53. The first-order valence-electron chi connectivity index (χ1n) is 13.1. The summed E-state index contributed by atoms with van der Waals surface area (Å²) in [5.41, 5.74) is 8.36. The molecule has 2 atom stereocenters. The first kappa shape index (κ1) is 31.1. The van der Waals surface area contributed by atoms with Crippen molar-refractivity contribution in [3.63, 3.8) is 0 Å². The molecule has 2 heterocycles. The molecule has 2 aromatic carbocycles. The number of carbonyl (C=O) groups excluding carboxylic acids is 3. The van der Waals surface area contributed by atoms with Gasteiger partial charge in [-0.1, -0.05) is 60.7 Å². The van der Waals surface area contributed by atoms with Crippen LogP contribution in [-0.4, -0.2) is 48.9 Å². The Bertz CT molecular complexity index is 1350. The fraction of sp³-hybridized carbons (Fsp3) is 0.333. The lowest BCUT2D eigenvalue weighted by Gasteiger charge is -2.31. The molecule has 0 aliphatic carbocycles. The van der Waals surface area contributed by atoms with Crippen LogP contribution in [0.4, 0.5) is 18.9 Å². The monoisotopic (exact) mass is 570 g/mol. The molecule has 8 nitrogen and oxygen atoms in total. The van der Waals surface area contributed by atoms with Crippen LogP contribution < -0.4 is 20.7 Å². The van der Waals surface area contributed by atoms with E-state index in [0.717, 1.165) is 5.56 Å². The Hall–Kier alpha value is -4.41. The highest BCUT2D eigenvalue weighted by molar-refractivity contribution is 6.21. The van der Waals surface area contributed by atoms with Crippen molar-refractivity contribution in [3.8, 4) is 5.75 Å². The number of nitrogens with two attached hydrogens (primary N) is 1. The van der Waals surface area contributed by atoms with Crippen LogP contribution >= 0.6 is 0 Å². The molecule has 0 bridgehead atoms. The summed E-state index contributed by atoms with van der Waals surface area (Å²) in [6, 6.07) is 12.7. The van der Waals surface area contributed by atoms with Gasteiger partial charge in [0.15, 0.2) is 0 Å². The van der Waals surface area contributed by atoms with Crippen molar-refractivity contribution >= 4 is 29.1 Å². The summed E-state index contributed by atoms with van der Waals surface area (Å²) in [6.07, 6.45) is -2.86. The highest BCUT2D eigenvalue weighted by Crippen LogP contribution is 2.38. The van der Waals surface area contributed by atoms with Crippen LogP contribution in [0, 0.1) is 12.8 Å². The number of aliphatic imine (C=N–C) groups is 1. The van der Waals surface area contributed by atoms with Gasteiger partial charge in [0, 0.05) is 29.9 Å². The predicted octanol–water partition coefficient (Wildman–Crippen LogP) is 4.60. The molecule has 41 heavy (non-hydrogen) atoms. The van der Waals surface area contributed by atoms with Gasteiger partial charge in [0.2, 0.25) is 18.0 Å². The third kappa shape index (κ3) is 8.29. The van der Waals surface area contributed by atoms with Crippen LogP contribution in [0.2, 0.25) is 0 Å². The zero-order valence-corrected chi connectivity index (χ0v) is 22.9. The lowest BCUT2D eigenvalue weighted by Crippen LogP contribution is -2.51. The van der Waals surface area contributed by atoms with E-state index < -0.39 is 55.2 Å². The molecular weight excluding hydrogens is 537 g/mol. The van der Waals surface area contributed by atoms with Crippen LogP contribution in [0.3, 0.4) is 0 Å². The number of amides is 3. The number of nitrogens with zero attached hydrogens (tertiary/aromatic N) is 2. The van der Waals surface area contributed by atoms with Gasteiger partial charge >= 0.3 is 6.18 Å². The van der Waals surface area contributed by atoms with Crippen molar-refractivity contribution in [1.29, 1.82) is 0 Å². The minimum atomic E-state index is -4.52. The lowest BCUT2D eigenvalue weighted by atomic mass is 9.97. The van der Waals surface area contributed by atoms with Crippen molar-refractivity contribution in [2.24, 2.45) is 16.6 Å². The number of aryl methyl sites for hydroxylation is 1. The minimum Gasteiger partial charge on any atom is -0.490 e. The maximum absolute atomic E-state index is 13.5. The van der Waals surface area contributed by atoms with Gasteiger partial charge in [-0.2, -0.15) is 13.2 Å². The summed E-state index contributed by atoms with van der Waals surface area (Å²) in [5.74, 6) is -3.25. The molecular formula is C30H33F3N4O4. The normalized spacial score (nSPS) is 16.8. The van der Waals surface area contributed by atoms with Gasteiger partial charge in [-0.25, -0.2) is 4.99 Å². The smallest absolute Gasteiger partial charge is 0.389 e. The number of benzene rings is 2. The van der Waals surface area contributed by atoms with E-state index in [0.29, 0.717) is 28.3 Å². The Morgan fingerprint density at radius 1 is 1.27 bits per heavy atom. The van der Waals surface area contributed by atoms with Gasteiger partial charge in [0.05, 0.1) is 17.9 Å². The van der Waals surface area contributed by atoms with Crippen molar-refractivity contribution in [2.75, 3.05) is 18.1 Å². The second kappa shape index (κ2) is 13.8. The number of allylic oxidation sites excluding steroid dienone is 3. The van der Waals surface area contributed by atoms with E-state index in [2.05, 4.69) is 16.9 Å². The molecule has 3 amide bonds. The average molecular weight is 571 g/mol. The van der Waals surface area contributed by atoms with Crippen molar-refractivity contribution in [1.82, 2.24) is 5.32 Å². The number of ether oxygens (including phenoxy) is 1. The molecule has 3 N–H and O–H groups in total. The maximum atomic E-state index is 13.5. The summed E-state index contributed by atoms with van der Waals surface area (Å²) in [7, 11) is 0. The molecule has 0 saturated heterocycles. The summed E-state index contributed by atoms with van der Waals surface area (Å²) in [4.78, 5) is 44.1. The molecule has 0 fully saturated rings. The quantitative estimate of drug-likeness (QED) is 0.452. The van der Waals surface area contributed by atoms with E-state index >= 15 is 0 Å². The fourth-order valence-electron chi connectivity index (χ4n) is 4.50. The van der Waals surface area contributed by atoms with Gasteiger partial charge in [-0.3, -0.25) is 14.4 Å². The zero-order valence-electron chi connectivity index (χ0n) is 22.9. The number of hydrogen-bond donors (Lipinski definition) is 2. The van der Waals surface area contributed by atoms with Gasteiger partial charge in [-0.05, 0) is 32.4 Å². The summed E-state index contributed by atoms with van der Waals surface area (Å²) >= 11 is 0. The summed E-state index contributed by atoms with van der Waals surface area (Å²) in [6.45, 7) is 7.74. The van der Waals surface area contributed by atoms with Crippen molar-refractivity contribution in [3.05, 3.63) is 84.0 Å². The van der Waals surface area contributed by atoms with Gasteiger partial charge in [-0.15, -0.1) is 0 Å². The standard InChI is InChI=1S/C25H25F3N4O4.C5H8/c1-14-4-2-5-15(12-14)20-17-6-3-7-18-21(17)32(10-11-36-18)24(35)22(30-20)31-23(34)16(13-19(29)33)8-9-25(26,27)28;1-3-5-4-2/h2-7,12,16,22H,8-11,13H2,1H3,(H2,29,33)(H,31,34);3-5H,1H2,2H3/b;5-4-. The van der Waals surface area contributed by atoms with E-state index in [1.165, 1.54) is 4.90 Å².